The van der Waals surface area contributed by atoms with Crippen LogP contribution in [0.4, 0.5) is 26.3 Å². The van der Waals surface area contributed by atoms with Crippen LogP contribution in [0.5, 0.6) is 11.5 Å². The number of para-hydroxylation sites is 2. The Labute approximate surface area is 560 Å². The van der Waals surface area contributed by atoms with Gasteiger partial charge in [0.15, 0.2) is 0 Å². The summed E-state index contributed by atoms with van der Waals surface area (Å²) in [5, 5.41) is 0. The van der Waals surface area contributed by atoms with Crippen LogP contribution in [-0.4, -0.2) is 57.7 Å². The Morgan fingerprint density at radius 2 is 0.723 bits per heavy atom. The van der Waals surface area contributed by atoms with Gasteiger partial charge in [0.05, 0.1) is 21.3 Å². The van der Waals surface area contributed by atoms with Crippen LogP contribution < -0.4 is 9.47 Å². The Bertz CT molecular complexity index is 3920. The quantitative estimate of drug-likeness (QED) is 0.0462. The van der Waals surface area contributed by atoms with Gasteiger partial charge in [-0.3, -0.25) is 7.74 Å². The molecule has 0 radical (unpaired) electrons. The molecule has 0 aromatic heterocycles. The molecule has 8 nitrogen and oxygen atoms in total. The lowest BCUT2D eigenvalue weighted by atomic mass is 10.1. The molecule has 0 bridgehead atoms. The molecule has 6 rings (SSSR count). The molecule has 0 fully saturated rings. The Morgan fingerprint density at radius 1 is 0.434 bits per heavy atom. The molecular formula is C40H42F6O8S27Si2. The van der Waals surface area contributed by atoms with Gasteiger partial charge in [-0.25, -0.2) is 0 Å². The molecule has 2 aliphatic rings. The van der Waals surface area contributed by atoms with Crippen molar-refractivity contribution < 1.29 is 60.4 Å². The summed E-state index contributed by atoms with van der Waals surface area (Å²) in [7, 11) is 14.7. The van der Waals surface area contributed by atoms with Crippen molar-refractivity contribution in [2.24, 2.45) is 0 Å². The molecule has 0 amide bonds. The van der Waals surface area contributed by atoms with E-state index < -0.39 is 53.9 Å². The molecule has 83 heavy (non-hydrogen) atoms. The maximum absolute atomic E-state index is 12.5. The van der Waals surface area contributed by atoms with E-state index >= 15 is 0 Å². The predicted octanol–water partition coefficient (Wildman–Crippen LogP) is 10.4. The fourth-order valence-electron chi connectivity index (χ4n) is 7.26. The normalized spacial score (nSPS) is 14.3. The third kappa shape index (κ3) is 30.5. The molecular weight excluding hydrogens is 1640 g/mol. The van der Waals surface area contributed by atoms with E-state index in [1.165, 1.54) is 76.0 Å². The number of rotatable bonds is 16. The van der Waals surface area contributed by atoms with Crippen LogP contribution in [0.25, 0.3) is 12.2 Å². The van der Waals surface area contributed by atoms with Crippen LogP contribution in [0.1, 0.15) is 46.2 Å². The van der Waals surface area contributed by atoms with Gasteiger partial charge < -0.3 is 9.47 Å². The highest BCUT2D eigenvalue weighted by Crippen LogP contribution is 2.49. The average Bonchev–Trinajstić information content (AvgIpc) is 4.20. The molecule has 0 heterocycles. The Hall–Kier alpha value is 1.29. The minimum Gasteiger partial charge on any atom is -0.494 e. The third-order valence-electron chi connectivity index (χ3n) is 10.3. The molecule has 0 N–H and O–H groups in total. The fourth-order valence-corrected chi connectivity index (χ4v) is 65.1. The molecule has 0 saturated carbocycles. The van der Waals surface area contributed by atoms with E-state index in [9.17, 15) is 43.2 Å². The van der Waals surface area contributed by atoms with Crippen molar-refractivity contribution in [1.82, 2.24) is 0 Å². The molecule has 4 aromatic rings. The summed E-state index contributed by atoms with van der Waals surface area (Å²) in [5.74, 6) is 1.29. The lowest BCUT2D eigenvalue weighted by Crippen LogP contribution is -2.48. The van der Waals surface area contributed by atoms with E-state index in [1.54, 1.807) is 169 Å². The number of allylic oxidation sites excluding steroid dienone is 2. The second kappa shape index (κ2) is 43.2. The van der Waals surface area contributed by atoms with Crippen molar-refractivity contribution in [3.05, 3.63) is 144 Å². The molecule has 2 unspecified atom stereocenters. The largest absolute Gasteiger partial charge is 0.522 e. The summed E-state index contributed by atoms with van der Waals surface area (Å²) in [4.78, 5) is 0. The van der Waals surface area contributed by atoms with Crippen LogP contribution in [0.15, 0.2) is 121 Å². The van der Waals surface area contributed by atoms with Gasteiger partial charge in [-0.15, -0.1) is 0 Å². The first-order valence-electron chi connectivity index (χ1n) is 22.0. The van der Waals surface area contributed by atoms with Crippen LogP contribution in [-0.2, 0) is 259 Å². The van der Waals surface area contributed by atoms with Crippen molar-refractivity contribution in [3.63, 3.8) is 0 Å². The van der Waals surface area contributed by atoms with E-state index in [0.29, 0.717) is 23.4 Å². The van der Waals surface area contributed by atoms with E-state index in [2.05, 4.69) is 110 Å². The zero-order valence-corrected chi connectivity index (χ0v) is 65.7. The summed E-state index contributed by atoms with van der Waals surface area (Å²) in [5.41, 5.74) is -5.02. The zero-order valence-electron chi connectivity index (χ0n) is 41.7. The van der Waals surface area contributed by atoms with Crippen LogP contribution >= 0.6 is 0 Å². The Kier molecular flexibility index (Phi) is 40.9. The molecule has 4 aromatic carbocycles. The SMILES string of the molecule is C[Si](CCCOc1ccccc1)(C1C=Cc2ccccc21)C1C=Cc2ccccc21.C[Si](CCCOc1ccccc1)(OS(=O)(=O)C(F)(F)F)OS(=O)(=O)C(F)(F)F.S=S=S=S=S=S=S=S=S=S=S=S.S=S=S=S=S=S=S=S=S=S=S=S=S. The third-order valence-corrected chi connectivity index (χ3v) is 64.8. The van der Waals surface area contributed by atoms with E-state index in [-0.39, 0.29) is 13.0 Å². The van der Waals surface area contributed by atoms with Crippen molar-refractivity contribution >= 4 is 280 Å². The van der Waals surface area contributed by atoms with Gasteiger partial charge in [-0.2, -0.15) is 43.2 Å². The standard InChI is InChI=1S/C28H28OSi.C12H14F6O7S2Si.S13.S12/c1-30(21-9-20-29-24-12-3-2-4-13-24,27-18-16-22-10-5-7-14-25(22)27)28-19-17-23-11-6-8-15-26(23)28;1-28(24-26(19,20)11(13,14)15,25-27(21,22)12(16,17)18)9-5-8-23-10-6-3-2-4-7-10;1-3-5-7-9-11-13-12-10-8-6-4-2;1-3-5-7-9-11-12-10-8-6-4-2/h2-8,10-19,27-28H,9,20-21H2,1H3;2-4,6-7H,5,8-9H2,1H3;;. The zero-order chi connectivity index (χ0) is 61.1. The van der Waals surface area contributed by atoms with Crippen molar-refractivity contribution in [2.45, 2.75) is 60.1 Å². The number of benzene rings is 4. The Balaban J connectivity index is 0.000000314. The fraction of sp³-hybridized carbons (Fsp3) is 0.300. The summed E-state index contributed by atoms with van der Waals surface area (Å²) in [6.45, 7) is 3.58. The highest BCUT2D eigenvalue weighted by molar-refractivity contribution is 8.76. The van der Waals surface area contributed by atoms with Crippen molar-refractivity contribution in [1.29, 1.82) is 0 Å². The van der Waals surface area contributed by atoms with E-state index in [1.807, 2.05) is 30.3 Å². The number of ether oxygens (including phenoxy) is 2. The summed E-state index contributed by atoms with van der Waals surface area (Å²) in [6.07, 6.45) is 10.4. The molecule has 0 saturated heterocycles. The number of hydrogen-bond acceptors (Lipinski definition) is 12. The van der Waals surface area contributed by atoms with Gasteiger partial charge in [-0.05, 0) is 83.0 Å². The predicted molar refractivity (Wildman–Crippen MR) is 399 cm³/mol. The first-order chi connectivity index (χ1) is 39.6. The maximum atomic E-state index is 12.5. The van der Waals surface area contributed by atoms with Gasteiger partial charge in [-0.1, -0.05) is 122 Å². The van der Waals surface area contributed by atoms with Gasteiger partial charge in [0.25, 0.3) is 0 Å². The van der Waals surface area contributed by atoms with Crippen molar-refractivity contribution in [3.8, 4) is 11.5 Å². The number of fused-ring (bicyclic) bond motifs is 2. The molecule has 43 heteroatoms. The molecule has 0 spiro atoms. The summed E-state index contributed by atoms with van der Waals surface area (Å²) < 4.78 is 138. The minimum atomic E-state index is -6.40. The lowest BCUT2D eigenvalue weighted by molar-refractivity contribution is -0.0532. The average molecular weight is 1690 g/mol. The van der Waals surface area contributed by atoms with E-state index in [0.717, 1.165) is 18.8 Å². The number of halogens is 6. The molecule has 2 atom stereocenters. The smallest absolute Gasteiger partial charge is 0.494 e. The first kappa shape index (κ1) is 78.5. The minimum absolute atomic E-state index is 0.280. The lowest BCUT2D eigenvalue weighted by Gasteiger charge is -2.39. The van der Waals surface area contributed by atoms with Crippen LogP contribution in [0.2, 0.25) is 25.2 Å². The highest BCUT2D eigenvalue weighted by Gasteiger charge is 2.57. The summed E-state index contributed by atoms with van der Waals surface area (Å²) >= 11 is 18.8. The topological polar surface area (TPSA) is 105 Å². The molecule has 2 aliphatic carbocycles. The Morgan fingerprint density at radius 3 is 1.04 bits per heavy atom. The summed E-state index contributed by atoms with van der Waals surface area (Å²) in [6, 6.07) is 36.3. The van der Waals surface area contributed by atoms with Crippen LogP contribution in [0, 0.1) is 0 Å². The second-order valence-corrected chi connectivity index (χ2v) is 64.2. The first-order valence-corrected chi connectivity index (χ1v) is 60.9. The van der Waals surface area contributed by atoms with Crippen molar-refractivity contribution in [2.75, 3.05) is 13.2 Å². The second-order valence-electron chi connectivity index (χ2n) is 15.5. The van der Waals surface area contributed by atoms with Gasteiger partial charge in [0.1, 0.15) is 11.5 Å². The monoisotopic (exact) mass is 1680 g/mol. The molecule has 0 aliphatic heterocycles. The number of alkyl halides is 6. The molecule has 462 valence electrons. The maximum Gasteiger partial charge on any atom is 0.522 e. The highest BCUT2D eigenvalue weighted by atomic mass is 33.5. The number of hydrogen-bond donors (Lipinski definition) is 0. The van der Waals surface area contributed by atoms with Gasteiger partial charge >= 0.3 is 39.8 Å². The van der Waals surface area contributed by atoms with Crippen LogP contribution in [0.3, 0.4) is 0 Å². The van der Waals surface area contributed by atoms with E-state index in [4.69, 9.17) is 31.8 Å². The van der Waals surface area contributed by atoms with Gasteiger partial charge in [0, 0.05) is 231 Å². The van der Waals surface area contributed by atoms with Gasteiger partial charge in [0.2, 0.25) is 0 Å².